The van der Waals surface area contributed by atoms with Crippen LogP contribution < -0.4 is 15.6 Å². The number of fused-ring (bicyclic) bond motifs is 6. The Morgan fingerprint density at radius 3 is 2.38 bits per heavy atom. The number of ether oxygens (including phenoxy) is 2. The minimum atomic E-state index is -4.76. The first-order valence-electron chi connectivity index (χ1n) is 27.1. The molecular weight excluding hydrogens is 1080 g/mol. The lowest BCUT2D eigenvalue weighted by Gasteiger charge is -2.48. The van der Waals surface area contributed by atoms with Gasteiger partial charge in [0.15, 0.2) is 0 Å². The summed E-state index contributed by atoms with van der Waals surface area (Å²) in [6.45, 7) is 10.8. The normalized spacial score (nSPS) is 22.7. The van der Waals surface area contributed by atoms with Crippen LogP contribution in [-0.4, -0.2) is 167 Å². The van der Waals surface area contributed by atoms with Crippen molar-refractivity contribution in [2.45, 2.75) is 129 Å². The fourth-order valence-corrected chi connectivity index (χ4v) is 13.1. The van der Waals surface area contributed by atoms with Gasteiger partial charge in [-0.05, 0) is 88.6 Å². The zero-order chi connectivity index (χ0) is 56.9. The van der Waals surface area contributed by atoms with E-state index in [4.69, 9.17) is 31.0 Å². The van der Waals surface area contributed by atoms with E-state index in [2.05, 4.69) is 20.5 Å². The highest BCUT2D eigenvalue weighted by molar-refractivity contribution is 7.10. The van der Waals surface area contributed by atoms with Crippen molar-refractivity contribution >= 4 is 69.1 Å². The number of hydrogen-bond donors (Lipinski definition) is 2. The number of rotatable bonds is 10. The van der Waals surface area contributed by atoms with Crippen LogP contribution in [0.15, 0.2) is 29.8 Å². The third-order valence-electron chi connectivity index (χ3n) is 16.4. The first-order chi connectivity index (χ1) is 37.4. The number of methoxy groups -OCH3 is 1. The Morgan fingerprint density at radius 2 is 1.71 bits per heavy atom. The molecule has 4 fully saturated rings. The van der Waals surface area contributed by atoms with Gasteiger partial charge in [-0.15, -0.1) is 11.3 Å². The van der Waals surface area contributed by atoms with Crippen molar-refractivity contribution in [3.8, 4) is 22.5 Å². The van der Waals surface area contributed by atoms with Gasteiger partial charge in [0.2, 0.25) is 11.8 Å². The largest absolute Gasteiger partial charge is 0.464 e. The molecule has 4 aromatic rings. The van der Waals surface area contributed by atoms with Gasteiger partial charge in [0, 0.05) is 93.2 Å². The minimum Gasteiger partial charge on any atom is -0.464 e. The second-order valence-corrected chi connectivity index (χ2v) is 24.3. The number of aromatic nitrogens is 3. The van der Waals surface area contributed by atoms with Crippen molar-refractivity contribution in [1.82, 2.24) is 45.0 Å². The van der Waals surface area contributed by atoms with E-state index in [9.17, 15) is 28.4 Å². The van der Waals surface area contributed by atoms with Gasteiger partial charge in [-0.2, -0.15) is 13.2 Å². The second-order valence-electron chi connectivity index (χ2n) is 23.0. The van der Waals surface area contributed by atoms with E-state index in [0.717, 1.165) is 35.1 Å². The third kappa shape index (κ3) is 12.3. The number of anilines is 1. The number of likely N-dealkylation sites (N-methyl/N-ethyl adjacent to an activating group) is 1. The number of nitrogens with one attached hydrogen (secondary N) is 2. The number of hydrogen-bond acceptors (Lipinski definition) is 13. The van der Waals surface area contributed by atoms with Gasteiger partial charge in [-0.3, -0.25) is 34.0 Å². The molecule has 9 rings (SSSR count). The van der Waals surface area contributed by atoms with E-state index >= 15 is 17.6 Å². The van der Waals surface area contributed by atoms with Crippen molar-refractivity contribution in [1.29, 1.82) is 0 Å². The lowest BCUT2D eigenvalue weighted by atomic mass is 9.71. The number of amides is 4. The number of pyridine rings is 1. The predicted octanol–water partition coefficient (Wildman–Crippen LogP) is 7.43. The van der Waals surface area contributed by atoms with Gasteiger partial charge in [-0.25, -0.2) is 19.2 Å². The Hall–Kier alpha value is -5.49. The van der Waals surface area contributed by atoms with Crippen LogP contribution in [-0.2, 0) is 52.8 Å². The fraction of sp³-hybridized carbons (Fsp3) is 0.618. The average molecular weight is 1150 g/mol. The highest BCUT2D eigenvalue weighted by atomic mass is 35.5. The molecule has 0 unspecified atom stereocenters. The maximum absolute atomic E-state index is 17.0. The van der Waals surface area contributed by atoms with E-state index < -0.39 is 88.8 Å². The molecule has 17 nitrogen and oxygen atoms in total. The summed E-state index contributed by atoms with van der Waals surface area (Å²) in [7, 11) is 3.51. The fourth-order valence-electron chi connectivity index (χ4n) is 12.1. The third-order valence-corrected chi connectivity index (χ3v) is 17.5. The molecule has 5 atom stereocenters. The number of carbonyl (C=O) groups is 5. The number of benzene rings is 1. The number of halogens is 6. The predicted molar refractivity (Wildman–Crippen MR) is 288 cm³/mol. The van der Waals surface area contributed by atoms with E-state index in [1.54, 1.807) is 37.2 Å². The van der Waals surface area contributed by atoms with E-state index in [0.29, 0.717) is 71.7 Å². The molecule has 24 heteroatoms. The molecular formula is C55H70ClF5N10O7S. The summed E-state index contributed by atoms with van der Waals surface area (Å²) < 4.78 is 89.0. The minimum absolute atomic E-state index is 0.0145. The second kappa shape index (κ2) is 23.2. The zero-order valence-corrected chi connectivity index (χ0v) is 47.3. The van der Waals surface area contributed by atoms with E-state index in [1.165, 1.54) is 23.1 Å². The molecule has 1 aromatic carbocycles. The average Bonchev–Trinajstić information content (AvgIpc) is 4.24. The summed E-state index contributed by atoms with van der Waals surface area (Å²) in [6.07, 6.45) is -1.60. The molecule has 5 aliphatic heterocycles. The number of hydrazine groups is 1. The molecule has 8 heterocycles. The Bertz CT molecular complexity index is 2960. The smallest absolute Gasteiger partial charge is 0.406 e. The molecule has 0 saturated carbocycles. The number of cyclic esters (lactones) is 1. The zero-order valence-electron chi connectivity index (χ0n) is 45.7. The molecule has 3 aromatic heterocycles. The standard InChI is InChI=1S/C55H70ClF5N10O7S/c1-31(2)45(69-14-9-11-54(52(69)76)12-16-68(17-13-54)50(74)47(56)58)48(72)64-40-25-43-63-41(28-79-43)35-23-34-37(26-53(4,5)30-78-51(75)39-10-8-15-71(65-39)49(40)73)46(70(29-55(59,60)61)42(34)24-38(35)57)36-22-33(27-62-44(36)32(3)77-7)67-20-18-66(6)19-21-67/h22-24,27-28,31-32,39-40,45,47,65H,8-21,25-26,29-30H2,1-7H3,(H,64,72)/t32-,39-,40-,45-,47-/m0/s1. The maximum Gasteiger partial charge on any atom is 0.406 e. The first kappa shape index (κ1) is 58.2. The van der Waals surface area contributed by atoms with Crippen LogP contribution in [0.3, 0.4) is 0 Å². The van der Waals surface area contributed by atoms with Crippen molar-refractivity contribution in [3.63, 3.8) is 0 Å². The SMILES string of the molecule is CO[C@@H](C)c1ncc(N2CCN(C)CC2)cc1-c1c2c3cc(c(F)cc3n1CC(F)(F)F)-c1csc(n1)C[C@H](NC(=O)[C@H](C(C)C)N1CCCC3(CCN(C(=O)[C@H](F)Cl)CC3)C1=O)C(=O)N1CCC[C@H](N1)C(=O)OCC(C)(C)C2. The quantitative estimate of drug-likeness (QED) is 0.0915. The van der Waals surface area contributed by atoms with Crippen molar-refractivity contribution in [2.75, 3.05) is 78.0 Å². The highest BCUT2D eigenvalue weighted by Crippen LogP contribution is 2.46. The molecule has 430 valence electrons. The Balaban J connectivity index is 1.13. The van der Waals surface area contributed by atoms with E-state index in [1.807, 2.05) is 27.0 Å². The molecule has 0 aliphatic carbocycles. The number of piperidine rings is 2. The Morgan fingerprint density at radius 1 is 0.987 bits per heavy atom. The number of piperazine rings is 1. The molecule has 2 N–H and O–H groups in total. The van der Waals surface area contributed by atoms with Crippen molar-refractivity contribution in [2.24, 2.45) is 16.7 Å². The number of carbonyl (C=O) groups excluding carboxylic acids is 5. The van der Waals surface area contributed by atoms with Crippen molar-refractivity contribution < 1.29 is 55.4 Å². The summed E-state index contributed by atoms with van der Waals surface area (Å²) >= 11 is 6.57. The number of alkyl halides is 5. The van der Waals surface area contributed by atoms with Gasteiger partial charge >= 0.3 is 12.1 Å². The van der Waals surface area contributed by atoms with Crippen molar-refractivity contribution in [3.05, 3.63) is 51.9 Å². The van der Waals surface area contributed by atoms with Crippen LogP contribution in [0.5, 0.6) is 0 Å². The van der Waals surface area contributed by atoms with Gasteiger partial charge in [0.25, 0.3) is 17.4 Å². The molecule has 0 radical (unpaired) electrons. The van der Waals surface area contributed by atoms with E-state index in [-0.39, 0.29) is 86.8 Å². The molecule has 5 aliphatic rings. The summed E-state index contributed by atoms with van der Waals surface area (Å²) in [6, 6.07) is 1.09. The molecule has 4 saturated heterocycles. The topological polar surface area (TPSA) is 175 Å². The van der Waals surface area contributed by atoms with Crippen LogP contribution in [0, 0.1) is 22.6 Å². The lowest BCUT2D eigenvalue weighted by Crippen LogP contribution is -2.64. The van der Waals surface area contributed by atoms with Gasteiger partial charge in [-0.1, -0.05) is 39.3 Å². The number of thiazole rings is 1. The van der Waals surface area contributed by atoms with Gasteiger partial charge in [0.05, 0.1) is 57.6 Å². The highest BCUT2D eigenvalue weighted by Gasteiger charge is 2.50. The van der Waals surface area contributed by atoms with Crippen LogP contribution in [0.1, 0.15) is 95.5 Å². The molecule has 4 amide bonds. The number of esters is 1. The molecule has 6 bridgehead atoms. The van der Waals surface area contributed by atoms with Crippen LogP contribution in [0.2, 0.25) is 0 Å². The van der Waals surface area contributed by atoms with Crippen LogP contribution >= 0.6 is 22.9 Å². The number of likely N-dealkylation sites (tertiary alicyclic amines) is 2. The van der Waals surface area contributed by atoms with Gasteiger partial charge < -0.3 is 39.0 Å². The Kier molecular flexibility index (Phi) is 17.1. The summed E-state index contributed by atoms with van der Waals surface area (Å²) in [5, 5.41) is 6.45. The molecule has 79 heavy (non-hydrogen) atoms. The summed E-state index contributed by atoms with van der Waals surface area (Å²) in [5.41, 5.74) is 1.16. The Labute approximate surface area is 465 Å². The summed E-state index contributed by atoms with van der Waals surface area (Å²) in [4.78, 5) is 87.6. The molecule has 1 spiro atoms. The first-order valence-corrected chi connectivity index (χ1v) is 28.4. The lowest BCUT2D eigenvalue weighted by molar-refractivity contribution is -0.160. The maximum atomic E-state index is 17.0. The van der Waals surface area contributed by atoms with Gasteiger partial charge in [0.1, 0.15) is 30.5 Å². The summed E-state index contributed by atoms with van der Waals surface area (Å²) in [5.74, 6) is -4.30. The van der Waals surface area contributed by atoms with Crippen LogP contribution in [0.4, 0.5) is 27.6 Å². The van der Waals surface area contributed by atoms with Crippen LogP contribution in [0.25, 0.3) is 33.4 Å². The monoisotopic (exact) mass is 1140 g/mol. The number of nitrogens with zero attached hydrogens (tertiary/aromatic N) is 8.